The number of nitrogens with two attached hydrogens (primary N) is 1. The van der Waals surface area contributed by atoms with E-state index < -0.39 is 20.6 Å². The van der Waals surface area contributed by atoms with Crippen molar-refractivity contribution in [2.45, 2.75) is 74.7 Å². The number of aryl methyl sites for hydroxylation is 2. The molecule has 0 amide bonds. The van der Waals surface area contributed by atoms with Crippen LogP contribution < -0.4 is 10.5 Å². The predicted octanol–water partition coefficient (Wildman–Crippen LogP) is 5.07. The van der Waals surface area contributed by atoms with Crippen molar-refractivity contribution in [2.75, 3.05) is 0 Å². The third-order valence-corrected chi connectivity index (χ3v) is 8.00. The van der Waals surface area contributed by atoms with E-state index in [9.17, 15) is 8.42 Å². The maximum absolute atomic E-state index is 13.4. The van der Waals surface area contributed by atoms with Gasteiger partial charge in [-0.15, -0.1) is 0 Å². The molecule has 0 aromatic heterocycles. The summed E-state index contributed by atoms with van der Waals surface area (Å²) in [6, 6.07) is 13.0. The molecule has 0 radical (unpaired) electrons. The molecule has 1 aliphatic carbocycles. The summed E-state index contributed by atoms with van der Waals surface area (Å²) in [5.74, 6) is 0.208. The van der Waals surface area contributed by atoms with Crippen LogP contribution in [0.3, 0.4) is 0 Å². The van der Waals surface area contributed by atoms with Crippen LogP contribution in [0, 0.1) is 13.8 Å². The number of halogens is 1. The molecule has 164 valence electrons. The van der Waals surface area contributed by atoms with E-state index in [1.165, 1.54) is 0 Å². The van der Waals surface area contributed by atoms with Crippen molar-refractivity contribution in [1.82, 2.24) is 4.72 Å². The van der Waals surface area contributed by atoms with Crippen molar-refractivity contribution in [3.05, 3.63) is 64.7 Å². The van der Waals surface area contributed by atoms with Crippen LogP contribution in [-0.2, 0) is 35.0 Å². The first-order chi connectivity index (χ1) is 13.5. The third-order valence-electron chi connectivity index (χ3n) is 5.98. The van der Waals surface area contributed by atoms with Crippen LogP contribution in [0.2, 0.25) is 0 Å². The van der Waals surface area contributed by atoms with Gasteiger partial charge in [-0.2, -0.15) is 4.72 Å². The molecular weight excluding hydrogens is 505 g/mol. The van der Waals surface area contributed by atoms with Crippen molar-refractivity contribution < 1.29 is 27.9 Å². The number of hydrogen-bond donors (Lipinski definition) is 2. The van der Waals surface area contributed by atoms with Crippen molar-refractivity contribution >= 4 is 21.6 Å². The fourth-order valence-corrected chi connectivity index (χ4v) is 6.20. The zero-order valence-corrected chi connectivity index (χ0v) is 21.3. The molecule has 1 fully saturated rings. The van der Waals surface area contributed by atoms with E-state index in [1.807, 2.05) is 26.0 Å². The molecule has 1 aliphatic rings. The van der Waals surface area contributed by atoms with Gasteiger partial charge < -0.3 is 5.73 Å². The molecular formula is C23H31ClN2O2RuS+2. The summed E-state index contributed by atoms with van der Waals surface area (Å²) in [4.78, 5) is -0.999. The van der Waals surface area contributed by atoms with Gasteiger partial charge in [-0.3, -0.25) is 0 Å². The standard InChI is InChI=1S/C23H31ClN2O2S.Ru/c1-16(2)20-15-18(4)9-12-21(20)22(13-5-6-14-23(22,24)25)26-29(27,28)19-10-7-17(3)8-11-19;/h7-12,15-16,26H,5-6,13-14,25H2,1-4H3;/q;+2/t22-,23+;/m1./s1. The molecule has 7 heteroatoms. The van der Waals surface area contributed by atoms with E-state index in [-0.39, 0.29) is 30.3 Å². The van der Waals surface area contributed by atoms with Gasteiger partial charge in [0.15, 0.2) is 0 Å². The molecule has 0 saturated heterocycles. The minimum absolute atomic E-state index is 0. The summed E-state index contributed by atoms with van der Waals surface area (Å²) in [5.41, 5.74) is 9.65. The molecule has 2 aromatic rings. The van der Waals surface area contributed by atoms with Gasteiger partial charge in [0, 0.05) is 0 Å². The first kappa shape index (κ1) is 25.5. The molecule has 1 saturated carbocycles. The van der Waals surface area contributed by atoms with Crippen molar-refractivity contribution in [2.24, 2.45) is 5.73 Å². The molecule has 0 heterocycles. The number of benzene rings is 2. The monoisotopic (exact) mass is 536 g/mol. The molecule has 30 heavy (non-hydrogen) atoms. The van der Waals surface area contributed by atoms with Crippen LogP contribution in [0.5, 0.6) is 0 Å². The van der Waals surface area contributed by atoms with E-state index in [0.717, 1.165) is 35.1 Å². The summed E-state index contributed by atoms with van der Waals surface area (Å²) in [6.45, 7) is 8.18. The molecule has 0 spiro atoms. The van der Waals surface area contributed by atoms with Gasteiger partial charge in [-0.05, 0) is 55.9 Å². The first-order valence-electron chi connectivity index (χ1n) is 10.2. The van der Waals surface area contributed by atoms with Crippen molar-refractivity contribution in [1.29, 1.82) is 0 Å². The SMILES string of the molecule is Cc1ccc(S(=O)(=O)N[C@@]2(c3ccc(C)cc3C(C)C)CCCC[C@@]2(N)Cl)cc1.[Ru+2]. The smallest absolute Gasteiger partial charge is 0.311 e. The number of rotatable bonds is 5. The predicted molar refractivity (Wildman–Crippen MR) is 120 cm³/mol. The van der Waals surface area contributed by atoms with E-state index in [1.54, 1.807) is 24.3 Å². The Kier molecular flexibility index (Phi) is 7.97. The van der Waals surface area contributed by atoms with E-state index >= 15 is 0 Å². The van der Waals surface area contributed by atoms with Crippen LogP contribution in [0.1, 0.15) is 67.7 Å². The Hall–Kier alpha value is -0.777. The second-order valence-electron chi connectivity index (χ2n) is 8.64. The molecule has 2 atom stereocenters. The van der Waals surface area contributed by atoms with Gasteiger partial charge in [0.05, 0.1) is 10.4 Å². The molecule has 0 aliphatic heterocycles. The number of sulfonamides is 1. The average molecular weight is 536 g/mol. The Morgan fingerprint density at radius 3 is 2.13 bits per heavy atom. The maximum atomic E-state index is 13.4. The summed E-state index contributed by atoms with van der Waals surface area (Å²) in [7, 11) is -3.82. The normalized spacial score (nSPS) is 24.5. The second-order valence-corrected chi connectivity index (χ2v) is 11.0. The largest absolute Gasteiger partial charge is 2.00 e. The Bertz CT molecular complexity index is 991. The molecule has 3 N–H and O–H groups in total. The van der Waals surface area contributed by atoms with E-state index in [2.05, 4.69) is 24.6 Å². The topological polar surface area (TPSA) is 72.2 Å². The Morgan fingerprint density at radius 2 is 1.57 bits per heavy atom. The summed E-state index contributed by atoms with van der Waals surface area (Å²) in [6.07, 6.45) is 2.82. The van der Waals surface area contributed by atoms with Crippen molar-refractivity contribution in [3.8, 4) is 0 Å². The van der Waals surface area contributed by atoms with Gasteiger partial charge >= 0.3 is 19.5 Å². The van der Waals surface area contributed by atoms with Crippen LogP contribution in [0.25, 0.3) is 0 Å². The van der Waals surface area contributed by atoms with Crippen LogP contribution in [-0.4, -0.2) is 13.4 Å². The van der Waals surface area contributed by atoms with Crippen LogP contribution >= 0.6 is 11.6 Å². The third kappa shape index (κ3) is 4.84. The Labute approximate surface area is 198 Å². The molecule has 0 unspecified atom stereocenters. The Morgan fingerprint density at radius 1 is 1.00 bits per heavy atom. The fourth-order valence-electron chi connectivity index (χ4n) is 4.30. The molecule has 3 rings (SSSR count). The van der Waals surface area contributed by atoms with Crippen LogP contribution in [0.4, 0.5) is 0 Å². The average Bonchev–Trinajstić information content (AvgIpc) is 2.63. The zero-order chi connectivity index (χ0) is 21.4. The molecule has 4 nitrogen and oxygen atoms in total. The van der Waals surface area contributed by atoms with Gasteiger partial charge in [-0.1, -0.05) is 79.7 Å². The minimum atomic E-state index is -3.82. The summed E-state index contributed by atoms with van der Waals surface area (Å²) >= 11 is 6.92. The molecule has 2 aromatic carbocycles. The van der Waals surface area contributed by atoms with Crippen LogP contribution in [0.15, 0.2) is 47.4 Å². The molecule has 0 bridgehead atoms. The summed E-state index contributed by atoms with van der Waals surface area (Å²) in [5, 5.41) is 0. The first-order valence-corrected chi connectivity index (χ1v) is 12.0. The maximum Gasteiger partial charge on any atom is 2.00 e. The van der Waals surface area contributed by atoms with Gasteiger partial charge in [0.2, 0.25) is 10.0 Å². The summed E-state index contributed by atoms with van der Waals surface area (Å²) < 4.78 is 29.8. The number of nitrogens with one attached hydrogen (secondary N) is 1. The number of hydrogen-bond acceptors (Lipinski definition) is 3. The van der Waals surface area contributed by atoms with Gasteiger partial charge in [0.1, 0.15) is 5.00 Å². The van der Waals surface area contributed by atoms with Crippen molar-refractivity contribution in [3.63, 3.8) is 0 Å². The number of alkyl halides is 1. The minimum Gasteiger partial charge on any atom is -0.311 e. The Balaban J connectivity index is 0.00000320. The fraction of sp³-hybridized carbons (Fsp3) is 0.478. The quantitative estimate of drug-likeness (QED) is 0.319. The van der Waals surface area contributed by atoms with E-state index in [0.29, 0.717) is 12.8 Å². The van der Waals surface area contributed by atoms with Gasteiger partial charge in [-0.25, -0.2) is 8.42 Å². The second kappa shape index (κ2) is 9.38. The zero-order valence-electron chi connectivity index (χ0n) is 18.0. The van der Waals surface area contributed by atoms with Gasteiger partial charge in [0.25, 0.3) is 0 Å². The van der Waals surface area contributed by atoms with E-state index in [4.69, 9.17) is 17.3 Å².